The number of para-hydroxylation sites is 1. The van der Waals surface area contributed by atoms with Crippen molar-refractivity contribution < 1.29 is 26.0 Å². The van der Waals surface area contributed by atoms with Crippen molar-refractivity contribution in [1.82, 2.24) is 14.8 Å². The molecule has 2 unspecified atom stereocenters. The Morgan fingerprint density at radius 1 is 1.03 bits per heavy atom. The fourth-order valence-corrected chi connectivity index (χ4v) is 3.96. The minimum absolute atomic E-state index is 0.00605. The molecule has 176 valence electrons. The molecule has 15 heteroatoms. The van der Waals surface area contributed by atoms with E-state index in [1.807, 2.05) is 0 Å². The van der Waals surface area contributed by atoms with Crippen LogP contribution in [0.15, 0.2) is 60.7 Å². The molecule has 34 heavy (non-hydrogen) atoms. The van der Waals surface area contributed by atoms with E-state index in [0.717, 1.165) is 12.1 Å². The molecule has 0 fully saturated rings. The number of nitrogens with one attached hydrogen (secondary N) is 4. The monoisotopic (exact) mass is 533 g/mol. The quantitative estimate of drug-likeness (QED) is 0.145. The number of H-pyrrole nitrogens is 2. The van der Waals surface area contributed by atoms with Crippen molar-refractivity contribution in [2.75, 3.05) is 0 Å². The van der Waals surface area contributed by atoms with Gasteiger partial charge in [0.25, 0.3) is 11.1 Å². The van der Waals surface area contributed by atoms with Crippen LogP contribution < -0.4 is 21.6 Å². The average Bonchev–Trinajstić information content (AvgIpc) is 3.16. The molecule has 0 aliphatic rings. The lowest BCUT2D eigenvalue weighted by molar-refractivity contribution is -0.996. The van der Waals surface area contributed by atoms with Gasteiger partial charge in [0.1, 0.15) is 17.0 Å². The van der Waals surface area contributed by atoms with Gasteiger partial charge < -0.3 is 20.1 Å². The number of nitrogens with zero attached hydrogens (tertiary/aromatic N) is 3. The van der Waals surface area contributed by atoms with E-state index in [9.17, 15) is 30.3 Å². The highest BCUT2D eigenvalue weighted by Crippen LogP contribution is 2.37. The van der Waals surface area contributed by atoms with Crippen LogP contribution in [0.2, 0.25) is 0 Å². The largest absolute Gasteiger partial charge is 0.595 e. The van der Waals surface area contributed by atoms with Crippen LogP contribution in [0.4, 0.5) is 22.7 Å². The van der Waals surface area contributed by atoms with Gasteiger partial charge in [-0.25, -0.2) is 10.4 Å². The normalized spacial score (nSPS) is 13.6. The van der Waals surface area contributed by atoms with Crippen LogP contribution in [0.1, 0.15) is 0 Å². The Kier molecular flexibility index (Phi) is 6.15. The predicted octanol–water partition coefficient (Wildman–Crippen LogP) is 0.912. The molecule has 2 aromatic heterocycles. The second-order valence-corrected chi connectivity index (χ2v) is 7.93. The molecule has 0 saturated heterocycles. The van der Waals surface area contributed by atoms with E-state index in [4.69, 9.17) is 5.21 Å². The number of quaternary nitrogens is 2. The van der Waals surface area contributed by atoms with E-state index < -0.39 is 32.9 Å². The molecular formula is C19H16BrN7O7. The van der Waals surface area contributed by atoms with Crippen molar-refractivity contribution in [3.63, 3.8) is 0 Å². The maximum absolute atomic E-state index is 13.0. The van der Waals surface area contributed by atoms with E-state index in [0.29, 0.717) is 10.9 Å². The third-order valence-corrected chi connectivity index (χ3v) is 5.67. The minimum Gasteiger partial charge on any atom is -0.595 e. The first-order valence-corrected chi connectivity index (χ1v) is 10.2. The first-order chi connectivity index (χ1) is 16.1. The van der Waals surface area contributed by atoms with Gasteiger partial charge in [0.2, 0.25) is 0 Å². The zero-order chi connectivity index (χ0) is 24.7. The topological polar surface area (TPSA) is 211 Å². The van der Waals surface area contributed by atoms with Gasteiger partial charge in [-0.3, -0.25) is 19.8 Å². The maximum Gasteiger partial charge on any atom is 0.292 e. The summed E-state index contributed by atoms with van der Waals surface area (Å²) in [6, 6.07) is 8.65. The van der Waals surface area contributed by atoms with Gasteiger partial charge in [-0.2, -0.15) is 10.5 Å². The number of azo groups is 1. The average molecular weight is 534 g/mol. The second kappa shape index (κ2) is 8.92. The van der Waals surface area contributed by atoms with Crippen LogP contribution in [-0.2, 0) is 7.05 Å². The Hall–Kier alpha value is -3.70. The number of benzene rings is 2. The van der Waals surface area contributed by atoms with Crippen LogP contribution in [-0.4, -0.2) is 30.3 Å². The molecule has 2 atom stereocenters. The lowest BCUT2D eigenvalue weighted by atomic mass is 10.1. The number of hydrogen-bond donors (Lipinski definition) is 7. The summed E-state index contributed by atoms with van der Waals surface area (Å²) in [4.78, 5) is 25.4. The Balaban J connectivity index is 1.91. The molecule has 0 aliphatic heterocycles. The molecule has 0 radical (unpaired) electrons. The summed E-state index contributed by atoms with van der Waals surface area (Å²) in [5.74, 6) is -0.386. The Morgan fingerprint density at radius 3 is 2.38 bits per heavy atom. The van der Waals surface area contributed by atoms with Crippen LogP contribution in [0.25, 0.3) is 22.2 Å². The summed E-state index contributed by atoms with van der Waals surface area (Å²) in [5, 5.41) is 62.3. The molecule has 0 amide bonds. The van der Waals surface area contributed by atoms with Crippen molar-refractivity contribution in [3.8, 4) is 17.0 Å². The summed E-state index contributed by atoms with van der Waals surface area (Å²) < 4.78 is 1.30. The fourth-order valence-electron chi connectivity index (χ4n) is 3.42. The summed E-state index contributed by atoms with van der Waals surface area (Å²) in [6.45, 7) is 0. The summed E-state index contributed by atoms with van der Waals surface area (Å²) in [7, 11) is 1.50. The third-order valence-electron chi connectivity index (χ3n) is 5.07. The van der Waals surface area contributed by atoms with E-state index in [1.165, 1.54) is 11.6 Å². The lowest BCUT2D eigenvalue weighted by Crippen LogP contribution is -3.00. The number of halogens is 1. The third kappa shape index (κ3) is 3.93. The number of aromatic amines is 2. The molecule has 0 saturated carbocycles. The van der Waals surface area contributed by atoms with Gasteiger partial charge in [-0.05, 0) is 28.1 Å². The van der Waals surface area contributed by atoms with Crippen molar-refractivity contribution in [2.24, 2.45) is 17.3 Å². The second-order valence-electron chi connectivity index (χ2n) is 7.07. The maximum atomic E-state index is 13.0. The number of rotatable bonds is 5. The van der Waals surface area contributed by atoms with E-state index in [2.05, 4.69) is 36.4 Å². The van der Waals surface area contributed by atoms with Crippen molar-refractivity contribution in [2.45, 2.75) is 0 Å². The standard InChI is InChI=1S/C19H16BrN7O7/c1-25-11-5-3-2-4-9(11)17(28)13(19(25)30)15-16(18(29)24-22-15)23-21-14-10(20)6-8(26(31)32)7-12(14)27(33)34/h2-7,26-28,31,33H,1H3,(H2,22,24,29). The number of pyridine rings is 1. The number of aryl methyl sites for hydroxylation is 1. The highest BCUT2D eigenvalue weighted by atomic mass is 79.9. The predicted molar refractivity (Wildman–Crippen MR) is 121 cm³/mol. The molecule has 4 aromatic rings. The van der Waals surface area contributed by atoms with Crippen LogP contribution >= 0.6 is 15.9 Å². The SMILES string of the molecule is Cn1c(=O)c(-c2[nH][nH]c(=O)c2N=Nc2c(Br)cc([NH+]([O-])O)cc2[NH+]([O-])O)c(O)c2ccccc21. The molecule has 0 spiro atoms. The highest BCUT2D eigenvalue weighted by Gasteiger charge is 2.23. The molecule has 0 bridgehead atoms. The van der Waals surface area contributed by atoms with Crippen LogP contribution in [0, 0.1) is 10.4 Å². The minimum atomic E-state index is -1.47. The number of aromatic nitrogens is 3. The summed E-state index contributed by atoms with van der Waals surface area (Å²) >= 11 is 3.07. The molecular weight excluding hydrogens is 518 g/mol. The molecule has 7 N–H and O–H groups in total. The van der Waals surface area contributed by atoms with Gasteiger partial charge in [-0.15, -0.1) is 10.2 Å². The van der Waals surface area contributed by atoms with E-state index in [1.54, 1.807) is 24.3 Å². The van der Waals surface area contributed by atoms with E-state index >= 15 is 0 Å². The molecule has 14 nitrogen and oxygen atoms in total. The first kappa shape index (κ1) is 23.5. The summed E-state index contributed by atoms with van der Waals surface area (Å²) in [5.41, 5.74) is -2.78. The molecule has 2 heterocycles. The van der Waals surface area contributed by atoms with Crippen molar-refractivity contribution >= 4 is 49.6 Å². The number of aromatic hydroxyl groups is 1. The number of hydrogen-bond acceptors (Lipinski definition) is 9. The Bertz CT molecular complexity index is 1560. The van der Waals surface area contributed by atoms with Crippen molar-refractivity contribution in [1.29, 1.82) is 0 Å². The van der Waals surface area contributed by atoms with Crippen LogP contribution in [0.5, 0.6) is 5.75 Å². The number of fused-ring (bicyclic) bond motifs is 1. The van der Waals surface area contributed by atoms with Gasteiger partial charge in [0.15, 0.2) is 22.7 Å². The lowest BCUT2D eigenvalue weighted by Gasteiger charge is -2.17. The smallest absolute Gasteiger partial charge is 0.292 e. The Morgan fingerprint density at radius 2 is 1.71 bits per heavy atom. The summed E-state index contributed by atoms with van der Waals surface area (Å²) in [6.07, 6.45) is 0. The molecule has 2 aromatic carbocycles. The van der Waals surface area contributed by atoms with Gasteiger partial charge in [-0.1, -0.05) is 12.1 Å². The molecule has 0 aliphatic carbocycles. The molecule has 4 rings (SSSR count). The zero-order valence-electron chi connectivity index (χ0n) is 17.2. The van der Waals surface area contributed by atoms with E-state index in [-0.39, 0.29) is 32.9 Å². The van der Waals surface area contributed by atoms with Crippen LogP contribution in [0.3, 0.4) is 0 Å². The first-order valence-electron chi connectivity index (χ1n) is 9.45. The van der Waals surface area contributed by atoms with Gasteiger partial charge in [0, 0.05) is 18.5 Å². The zero-order valence-corrected chi connectivity index (χ0v) is 18.7. The Labute approximate surface area is 196 Å². The van der Waals surface area contributed by atoms with Gasteiger partial charge >= 0.3 is 0 Å². The van der Waals surface area contributed by atoms with Gasteiger partial charge in [0.05, 0.1) is 16.1 Å². The fraction of sp³-hybridized carbons (Fsp3) is 0.0526. The van der Waals surface area contributed by atoms with Crippen molar-refractivity contribution in [3.05, 3.63) is 72.0 Å². The highest BCUT2D eigenvalue weighted by molar-refractivity contribution is 9.10.